The number of carbonyl (C=O) groups excluding carboxylic acids is 1. The molecule has 0 amide bonds. The number of hydrogen-bond acceptors (Lipinski definition) is 8. The second-order valence-corrected chi connectivity index (χ2v) is 8.34. The molecular formula is C21H23N7O2. The third-order valence-electron chi connectivity index (χ3n) is 6.14. The van der Waals surface area contributed by atoms with Crippen molar-refractivity contribution in [2.75, 3.05) is 36.4 Å². The Morgan fingerprint density at radius 1 is 1.20 bits per heavy atom. The lowest BCUT2D eigenvalue weighted by atomic mass is 9.74. The zero-order valence-corrected chi connectivity index (χ0v) is 17.2. The van der Waals surface area contributed by atoms with Gasteiger partial charge in [0.2, 0.25) is 5.95 Å². The minimum Gasteiger partial charge on any atom is -0.369 e. The van der Waals surface area contributed by atoms with Gasteiger partial charge in [-0.15, -0.1) is 0 Å². The largest absolute Gasteiger partial charge is 0.369 e. The smallest absolute Gasteiger partial charge is 0.263 e. The van der Waals surface area contributed by atoms with Crippen LogP contribution in [0, 0.1) is 12.3 Å². The zero-order chi connectivity index (χ0) is 21.0. The Labute approximate surface area is 173 Å². The van der Waals surface area contributed by atoms with Crippen LogP contribution in [0.1, 0.15) is 22.8 Å². The first-order valence-electron chi connectivity index (χ1n) is 9.93. The molecular weight excluding hydrogens is 382 g/mol. The van der Waals surface area contributed by atoms with Gasteiger partial charge in [0.25, 0.3) is 5.56 Å². The van der Waals surface area contributed by atoms with E-state index in [0.717, 1.165) is 31.9 Å². The summed E-state index contributed by atoms with van der Waals surface area (Å²) in [4.78, 5) is 40.1. The number of pyridine rings is 2. The molecule has 0 bridgehead atoms. The van der Waals surface area contributed by atoms with E-state index in [9.17, 15) is 9.59 Å². The highest BCUT2D eigenvalue weighted by molar-refractivity contribution is 5.99. The summed E-state index contributed by atoms with van der Waals surface area (Å²) in [6, 6.07) is 3.93. The average Bonchev–Trinajstić information content (AvgIpc) is 2.65. The van der Waals surface area contributed by atoms with Crippen LogP contribution in [-0.2, 0) is 7.05 Å². The number of aromatic nitrogens is 4. The second-order valence-electron chi connectivity index (χ2n) is 8.34. The summed E-state index contributed by atoms with van der Waals surface area (Å²) < 4.78 is 1.39. The Morgan fingerprint density at radius 3 is 2.57 bits per heavy atom. The molecule has 0 atom stereocenters. The third kappa shape index (κ3) is 2.85. The Balaban J connectivity index is 1.39. The molecule has 0 radical (unpaired) electrons. The van der Waals surface area contributed by atoms with Crippen LogP contribution in [0.3, 0.4) is 0 Å². The maximum absolute atomic E-state index is 12.6. The van der Waals surface area contributed by atoms with Crippen molar-refractivity contribution in [3.8, 4) is 0 Å². The number of nitrogens with zero attached hydrogens (tertiary/aromatic N) is 5. The molecule has 2 saturated heterocycles. The number of anilines is 3. The molecule has 9 nitrogen and oxygen atoms in total. The van der Waals surface area contributed by atoms with E-state index in [1.54, 1.807) is 20.2 Å². The van der Waals surface area contributed by atoms with Gasteiger partial charge in [0.1, 0.15) is 11.5 Å². The van der Waals surface area contributed by atoms with Crippen molar-refractivity contribution in [1.82, 2.24) is 24.8 Å². The van der Waals surface area contributed by atoms with Crippen LogP contribution in [0.5, 0.6) is 0 Å². The van der Waals surface area contributed by atoms with Crippen LogP contribution in [0.15, 0.2) is 29.3 Å². The Bertz CT molecular complexity index is 1220. The van der Waals surface area contributed by atoms with Crippen molar-refractivity contribution in [2.45, 2.75) is 13.8 Å². The maximum atomic E-state index is 12.6. The van der Waals surface area contributed by atoms with E-state index in [0.29, 0.717) is 33.8 Å². The van der Waals surface area contributed by atoms with E-state index >= 15 is 0 Å². The fourth-order valence-corrected chi connectivity index (χ4v) is 4.34. The predicted octanol–water partition coefficient (Wildman–Crippen LogP) is 1.39. The first-order valence-corrected chi connectivity index (χ1v) is 9.93. The lowest BCUT2D eigenvalue weighted by molar-refractivity contribution is 0.101. The SMILES string of the molecule is CC(=O)c1c(C)c2cnc(Nc3ccc(N4CC5(CNC5)C4)cn3)nc2n(C)c1=O. The van der Waals surface area contributed by atoms with Gasteiger partial charge in [0.15, 0.2) is 5.78 Å². The molecule has 5 heterocycles. The van der Waals surface area contributed by atoms with Crippen molar-refractivity contribution in [1.29, 1.82) is 0 Å². The molecule has 0 aliphatic carbocycles. The lowest BCUT2D eigenvalue weighted by Gasteiger charge is -2.57. The van der Waals surface area contributed by atoms with E-state index in [1.807, 2.05) is 18.3 Å². The molecule has 9 heteroatoms. The number of rotatable bonds is 4. The normalized spacial score (nSPS) is 17.0. The molecule has 0 unspecified atom stereocenters. The molecule has 0 saturated carbocycles. The molecule has 2 fully saturated rings. The summed E-state index contributed by atoms with van der Waals surface area (Å²) in [6.07, 6.45) is 3.48. The zero-order valence-electron chi connectivity index (χ0n) is 17.2. The van der Waals surface area contributed by atoms with E-state index in [-0.39, 0.29) is 16.9 Å². The molecule has 154 valence electrons. The van der Waals surface area contributed by atoms with Crippen molar-refractivity contribution >= 4 is 34.3 Å². The Hall–Kier alpha value is -3.33. The van der Waals surface area contributed by atoms with Crippen LogP contribution >= 0.6 is 0 Å². The summed E-state index contributed by atoms with van der Waals surface area (Å²) in [7, 11) is 1.61. The number of aryl methyl sites for hydroxylation is 2. The van der Waals surface area contributed by atoms with Crippen molar-refractivity contribution in [3.63, 3.8) is 0 Å². The van der Waals surface area contributed by atoms with Gasteiger partial charge >= 0.3 is 0 Å². The molecule has 3 aromatic heterocycles. The minimum atomic E-state index is -0.353. The molecule has 2 aliphatic rings. The van der Waals surface area contributed by atoms with Crippen LogP contribution in [-0.4, -0.2) is 51.5 Å². The molecule has 3 aromatic rings. The fourth-order valence-electron chi connectivity index (χ4n) is 4.34. The van der Waals surface area contributed by atoms with E-state index in [1.165, 1.54) is 11.5 Å². The van der Waals surface area contributed by atoms with Gasteiger partial charge in [-0.05, 0) is 31.5 Å². The van der Waals surface area contributed by atoms with Crippen LogP contribution < -0.4 is 21.1 Å². The fraction of sp³-hybridized carbons (Fsp3) is 0.381. The topological polar surface area (TPSA) is 105 Å². The summed E-state index contributed by atoms with van der Waals surface area (Å²) in [5.74, 6) is 0.708. The second kappa shape index (κ2) is 6.60. The van der Waals surface area contributed by atoms with E-state index < -0.39 is 0 Å². The van der Waals surface area contributed by atoms with Crippen molar-refractivity contribution in [2.24, 2.45) is 12.5 Å². The lowest BCUT2D eigenvalue weighted by Crippen LogP contribution is -2.71. The van der Waals surface area contributed by atoms with E-state index in [4.69, 9.17) is 0 Å². The Morgan fingerprint density at radius 2 is 1.97 bits per heavy atom. The summed E-state index contributed by atoms with van der Waals surface area (Å²) in [6.45, 7) is 7.48. The molecule has 5 rings (SSSR count). The summed E-state index contributed by atoms with van der Waals surface area (Å²) in [5, 5.41) is 7.11. The number of nitrogens with one attached hydrogen (secondary N) is 2. The average molecular weight is 405 g/mol. The van der Waals surface area contributed by atoms with Crippen LogP contribution in [0.2, 0.25) is 0 Å². The van der Waals surface area contributed by atoms with Gasteiger partial charge in [-0.3, -0.25) is 14.2 Å². The van der Waals surface area contributed by atoms with Gasteiger partial charge < -0.3 is 15.5 Å². The Kier molecular flexibility index (Phi) is 4.11. The number of Topliss-reactive ketones (excluding diaryl/α,β-unsaturated/α-hetero) is 1. The maximum Gasteiger partial charge on any atom is 0.263 e. The quantitative estimate of drug-likeness (QED) is 0.628. The van der Waals surface area contributed by atoms with Crippen LogP contribution in [0.4, 0.5) is 17.5 Å². The van der Waals surface area contributed by atoms with Crippen molar-refractivity contribution < 1.29 is 4.79 Å². The number of carbonyl (C=O) groups is 1. The van der Waals surface area contributed by atoms with Gasteiger partial charge in [-0.25, -0.2) is 9.97 Å². The minimum absolute atomic E-state index is 0.178. The summed E-state index contributed by atoms with van der Waals surface area (Å²) >= 11 is 0. The molecule has 1 spiro atoms. The third-order valence-corrected chi connectivity index (χ3v) is 6.14. The highest BCUT2D eigenvalue weighted by Crippen LogP contribution is 2.37. The number of fused-ring (bicyclic) bond motifs is 1. The molecule has 2 N–H and O–H groups in total. The first kappa shape index (κ1) is 18.7. The number of ketones is 1. The van der Waals surface area contributed by atoms with Gasteiger partial charge in [0.05, 0.1) is 17.4 Å². The van der Waals surface area contributed by atoms with Crippen molar-refractivity contribution in [3.05, 3.63) is 46.0 Å². The molecule has 30 heavy (non-hydrogen) atoms. The number of hydrogen-bond donors (Lipinski definition) is 2. The van der Waals surface area contributed by atoms with Gasteiger partial charge in [0, 0.05) is 50.2 Å². The molecule has 2 aliphatic heterocycles. The first-order chi connectivity index (χ1) is 14.4. The van der Waals surface area contributed by atoms with E-state index in [2.05, 4.69) is 30.5 Å². The van der Waals surface area contributed by atoms with Gasteiger partial charge in [-0.1, -0.05) is 0 Å². The highest BCUT2D eigenvalue weighted by Gasteiger charge is 2.47. The monoisotopic (exact) mass is 405 g/mol. The summed E-state index contributed by atoms with van der Waals surface area (Å²) in [5.41, 5.74) is 2.46. The van der Waals surface area contributed by atoms with Crippen LogP contribution in [0.25, 0.3) is 11.0 Å². The standard InChI is InChI=1S/C21H23N7O2/c1-12-15-7-24-20(26-18(15)27(3)19(30)17(12)13(2)29)25-16-5-4-14(6-23-16)28-10-21(11-28)8-22-9-21/h4-7,22H,8-11H2,1-3H3,(H,23,24,25,26). The van der Waals surface area contributed by atoms with Gasteiger partial charge in [-0.2, -0.15) is 4.98 Å². The predicted molar refractivity (Wildman–Crippen MR) is 115 cm³/mol. The molecule has 0 aromatic carbocycles. The highest BCUT2D eigenvalue weighted by atomic mass is 16.1.